The third kappa shape index (κ3) is 3.01. The van der Waals surface area contributed by atoms with Gasteiger partial charge in [-0.1, -0.05) is 0 Å². The Morgan fingerprint density at radius 3 is 2.90 bits per heavy atom. The maximum atomic E-state index is 5.71. The van der Waals surface area contributed by atoms with E-state index in [1.54, 1.807) is 6.26 Å². The lowest BCUT2D eigenvalue weighted by Crippen LogP contribution is -2.31. The van der Waals surface area contributed by atoms with E-state index in [9.17, 15) is 0 Å². The van der Waals surface area contributed by atoms with Gasteiger partial charge in [0.05, 0.1) is 19.4 Å². The van der Waals surface area contributed by atoms with Crippen LogP contribution in [0.2, 0.25) is 0 Å². The van der Waals surface area contributed by atoms with Crippen LogP contribution >= 0.6 is 0 Å². The molecular weight excluding hydrogens is 270 g/mol. The van der Waals surface area contributed by atoms with Crippen LogP contribution in [0.5, 0.6) is 0 Å². The zero-order valence-electron chi connectivity index (χ0n) is 11.9. The average molecular weight is 289 g/mol. The van der Waals surface area contributed by atoms with Crippen molar-refractivity contribution in [1.29, 1.82) is 0 Å². The highest BCUT2D eigenvalue weighted by atomic mass is 16.5. The van der Waals surface area contributed by atoms with Gasteiger partial charge in [0.15, 0.2) is 5.76 Å². The molecule has 2 aliphatic rings. The van der Waals surface area contributed by atoms with E-state index in [-0.39, 0.29) is 0 Å². The van der Waals surface area contributed by atoms with Gasteiger partial charge >= 0.3 is 0 Å². The predicted octanol–water partition coefficient (Wildman–Crippen LogP) is 2.33. The molecule has 6 heteroatoms. The van der Waals surface area contributed by atoms with Gasteiger partial charge < -0.3 is 13.6 Å². The molecule has 0 aromatic carbocycles. The summed E-state index contributed by atoms with van der Waals surface area (Å²) in [6.45, 7) is 3.55. The molecule has 0 bridgehead atoms. The van der Waals surface area contributed by atoms with Crippen molar-refractivity contribution in [3.63, 3.8) is 0 Å². The molecule has 3 heterocycles. The van der Waals surface area contributed by atoms with E-state index in [0.717, 1.165) is 32.7 Å². The van der Waals surface area contributed by atoms with E-state index in [0.29, 0.717) is 29.5 Å². The molecule has 1 aliphatic carbocycles. The maximum Gasteiger partial charge on any atom is 0.283 e. The van der Waals surface area contributed by atoms with E-state index >= 15 is 0 Å². The molecule has 0 N–H and O–H groups in total. The van der Waals surface area contributed by atoms with Crippen molar-refractivity contribution < 1.29 is 13.6 Å². The van der Waals surface area contributed by atoms with E-state index in [1.807, 2.05) is 12.1 Å². The minimum absolute atomic E-state index is 0.454. The number of hydrogen-bond acceptors (Lipinski definition) is 6. The number of furan rings is 1. The van der Waals surface area contributed by atoms with Gasteiger partial charge in [-0.25, -0.2) is 0 Å². The van der Waals surface area contributed by atoms with Gasteiger partial charge in [0, 0.05) is 19.2 Å². The number of aromatic nitrogens is 2. The molecule has 6 nitrogen and oxygen atoms in total. The Hall–Kier alpha value is -1.66. The topological polar surface area (TPSA) is 64.5 Å². The minimum Gasteiger partial charge on any atom is -0.459 e. The van der Waals surface area contributed by atoms with Crippen LogP contribution in [0.1, 0.15) is 25.2 Å². The summed E-state index contributed by atoms with van der Waals surface area (Å²) >= 11 is 0. The zero-order valence-corrected chi connectivity index (χ0v) is 11.9. The summed E-state index contributed by atoms with van der Waals surface area (Å²) in [6.07, 6.45) is 5.31. The van der Waals surface area contributed by atoms with Crippen LogP contribution < -0.4 is 0 Å². The predicted molar refractivity (Wildman–Crippen MR) is 74.4 cm³/mol. The van der Waals surface area contributed by atoms with Gasteiger partial charge in [0.25, 0.3) is 5.89 Å². The second kappa shape index (κ2) is 5.61. The molecule has 2 aromatic rings. The van der Waals surface area contributed by atoms with E-state index < -0.39 is 0 Å². The van der Waals surface area contributed by atoms with Gasteiger partial charge in [0.2, 0.25) is 5.89 Å². The summed E-state index contributed by atoms with van der Waals surface area (Å²) in [6, 6.07) is 4.31. The molecule has 0 radical (unpaired) electrons. The van der Waals surface area contributed by atoms with Gasteiger partial charge in [-0.2, -0.15) is 0 Å². The monoisotopic (exact) mass is 289 g/mol. The minimum atomic E-state index is 0.454. The molecule has 0 amide bonds. The SMILES string of the molecule is c1coc(-c2nnc(CN(C[C@@H]3CCOC3)C3CC3)o2)c1. The largest absolute Gasteiger partial charge is 0.459 e. The van der Waals surface area contributed by atoms with Crippen molar-refractivity contribution in [1.82, 2.24) is 15.1 Å². The van der Waals surface area contributed by atoms with Crippen molar-refractivity contribution in [2.45, 2.75) is 31.8 Å². The van der Waals surface area contributed by atoms with Gasteiger partial charge in [-0.15, -0.1) is 10.2 Å². The fraction of sp³-hybridized carbons (Fsp3) is 0.600. The molecule has 1 saturated heterocycles. The lowest BCUT2D eigenvalue weighted by molar-refractivity contribution is 0.156. The summed E-state index contributed by atoms with van der Waals surface area (Å²) in [7, 11) is 0. The number of rotatable bonds is 6. The summed E-state index contributed by atoms with van der Waals surface area (Å²) in [5.74, 6) is 2.37. The Labute approximate surface area is 123 Å². The summed E-state index contributed by atoms with van der Waals surface area (Å²) < 4.78 is 16.5. The lowest BCUT2D eigenvalue weighted by Gasteiger charge is -2.22. The summed E-state index contributed by atoms with van der Waals surface area (Å²) in [5, 5.41) is 8.21. The number of ether oxygens (including phenoxy) is 1. The third-order valence-electron chi connectivity index (χ3n) is 4.12. The quantitative estimate of drug-likeness (QED) is 0.813. The molecule has 4 rings (SSSR count). The molecule has 0 spiro atoms. The smallest absolute Gasteiger partial charge is 0.283 e. The first-order valence-corrected chi connectivity index (χ1v) is 7.56. The normalized spacial score (nSPS) is 22.2. The molecule has 1 aliphatic heterocycles. The van der Waals surface area contributed by atoms with Crippen LogP contribution in [0.15, 0.2) is 27.2 Å². The average Bonchev–Trinajstić information content (AvgIpc) is 2.93. The fourth-order valence-electron chi connectivity index (χ4n) is 2.83. The second-order valence-corrected chi connectivity index (χ2v) is 5.87. The molecular formula is C15H19N3O3. The Bertz CT molecular complexity index is 571. The van der Waals surface area contributed by atoms with Gasteiger partial charge in [-0.3, -0.25) is 4.90 Å². The van der Waals surface area contributed by atoms with E-state index in [4.69, 9.17) is 13.6 Å². The summed E-state index contributed by atoms with van der Waals surface area (Å²) in [5.41, 5.74) is 0. The van der Waals surface area contributed by atoms with Crippen LogP contribution in [0, 0.1) is 5.92 Å². The maximum absolute atomic E-state index is 5.71. The molecule has 112 valence electrons. The van der Waals surface area contributed by atoms with Crippen LogP contribution in [0.3, 0.4) is 0 Å². The van der Waals surface area contributed by atoms with Gasteiger partial charge in [-0.05, 0) is 37.3 Å². The highest BCUT2D eigenvalue weighted by molar-refractivity contribution is 5.42. The standard InChI is InChI=1S/C15H19N3O3/c1-2-13(20-6-1)15-17-16-14(21-15)9-18(12-3-4-12)8-11-5-7-19-10-11/h1-2,6,11-12H,3-5,7-10H2/t11-/m0/s1. The summed E-state index contributed by atoms with van der Waals surface area (Å²) in [4.78, 5) is 2.46. The lowest BCUT2D eigenvalue weighted by atomic mass is 10.1. The first-order valence-electron chi connectivity index (χ1n) is 7.56. The third-order valence-corrected chi connectivity index (χ3v) is 4.12. The van der Waals surface area contributed by atoms with Crippen molar-refractivity contribution in [2.75, 3.05) is 19.8 Å². The van der Waals surface area contributed by atoms with Crippen LogP contribution in [-0.4, -0.2) is 40.9 Å². The molecule has 21 heavy (non-hydrogen) atoms. The van der Waals surface area contributed by atoms with Crippen molar-refractivity contribution >= 4 is 0 Å². The molecule has 0 unspecified atom stereocenters. The van der Waals surface area contributed by atoms with Crippen LogP contribution in [-0.2, 0) is 11.3 Å². The highest BCUT2D eigenvalue weighted by Crippen LogP contribution is 2.30. The highest BCUT2D eigenvalue weighted by Gasteiger charge is 2.32. The Morgan fingerprint density at radius 1 is 1.24 bits per heavy atom. The first-order chi connectivity index (χ1) is 10.4. The van der Waals surface area contributed by atoms with Gasteiger partial charge in [0.1, 0.15) is 0 Å². The van der Waals surface area contributed by atoms with E-state index in [2.05, 4.69) is 15.1 Å². The first kappa shape index (κ1) is 13.0. The Balaban J connectivity index is 1.43. The Kier molecular flexibility index (Phi) is 3.48. The number of nitrogens with zero attached hydrogens (tertiary/aromatic N) is 3. The van der Waals surface area contributed by atoms with Crippen molar-refractivity contribution in [3.05, 3.63) is 24.3 Å². The molecule has 2 aromatic heterocycles. The van der Waals surface area contributed by atoms with Crippen molar-refractivity contribution in [3.8, 4) is 11.7 Å². The van der Waals surface area contributed by atoms with Crippen LogP contribution in [0.4, 0.5) is 0 Å². The van der Waals surface area contributed by atoms with Crippen molar-refractivity contribution in [2.24, 2.45) is 5.92 Å². The molecule has 1 saturated carbocycles. The van der Waals surface area contributed by atoms with Crippen LogP contribution in [0.25, 0.3) is 11.7 Å². The fourth-order valence-corrected chi connectivity index (χ4v) is 2.83. The number of hydrogen-bond donors (Lipinski definition) is 0. The molecule has 2 fully saturated rings. The Morgan fingerprint density at radius 2 is 2.19 bits per heavy atom. The van der Waals surface area contributed by atoms with E-state index in [1.165, 1.54) is 12.8 Å². The molecule has 1 atom stereocenters. The second-order valence-electron chi connectivity index (χ2n) is 5.87. The zero-order chi connectivity index (χ0) is 14.1.